The van der Waals surface area contributed by atoms with Crippen molar-refractivity contribution in [1.82, 2.24) is 0 Å². The molecule has 5 nitrogen and oxygen atoms in total. The van der Waals surface area contributed by atoms with E-state index in [9.17, 15) is 10.1 Å². The predicted molar refractivity (Wildman–Crippen MR) is 115 cm³/mol. The summed E-state index contributed by atoms with van der Waals surface area (Å²) < 4.78 is 5.79. The van der Waals surface area contributed by atoms with Crippen LogP contribution in [0.5, 0.6) is 5.75 Å². The smallest absolute Gasteiger partial charge is 0.266 e. The summed E-state index contributed by atoms with van der Waals surface area (Å²) in [7, 11) is 0. The lowest BCUT2D eigenvalue weighted by Gasteiger charge is -2.08. The van der Waals surface area contributed by atoms with Crippen molar-refractivity contribution < 1.29 is 9.53 Å². The first kappa shape index (κ1) is 20.4. The SMILES string of the molecule is Cc1ccc(NC(=O)/C(C#N)=C/c2cccc(OCc3cccc(C#N)c3)c2)cc1. The van der Waals surface area contributed by atoms with Crippen LogP contribution in [0, 0.1) is 29.6 Å². The van der Waals surface area contributed by atoms with Gasteiger partial charge in [0.15, 0.2) is 0 Å². The van der Waals surface area contributed by atoms with Crippen LogP contribution in [0.2, 0.25) is 0 Å². The minimum absolute atomic E-state index is 0.00514. The lowest BCUT2D eigenvalue weighted by molar-refractivity contribution is -0.112. The van der Waals surface area contributed by atoms with E-state index >= 15 is 0 Å². The van der Waals surface area contributed by atoms with E-state index in [-0.39, 0.29) is 5.57 Å². The number of benzene rings is 3. The Hall–Kier alpha value is -4.35. The Kier molecular flexibility index (Phi) is 6.61. The Morgan fingerprint density at radius 2 is 1.80 bits per heavy atom. The zero-order valence-corrected chi connectivity index (χ0v) is 16.4. The standard InChI is InChI=1S/C25H19N3O2/c1-18-8-10-23(11-9-18)28-25(29)22(16-27)13-19-4-3-7-24(14-19)30-17-21-6-2-5-20(12-21)15-26/h2-14H,17H2,1H3,(H,28,29)/b22-13+. The molecule has 30 heavy (non-hydrogen) atoms. The molecule has 1 amide bonds. The Labute approximate surface area is 175 Å². The Morgan fingerprint density at radius 1 is 1.03 bits per heavy atom. The molecule has 3 rings (SSSR count). The maximum absolute atomic E-state index is 12.4. The second kappa shape index (κ2) is 9.73. The molecule has 0 radical (unpaired) electrons. The third-order valence-corrected chi connectivity index (χ3v) is 4.31. The molecule has 0 bridgehead atoms. The van der Waals surface area contributed by atoms with Gasteiger partial charge in [0.1, 0.15) is 24.0 Å². The lowest BCUT2D eigenvalue weighted by atomic mass is 10.1. The molecule has 0 unspecified atom stereocenters. The fourth-order valence-corrected chi connectivity index (χ4v) is 2.74. The van der Waals surface area contributed by atoms with E-state index in [1.807, 2.05) is 37.3 Å². The van der Waals surface area contributed by atoms with Crippen LogP contribution in [-0.2, 0) is 11.4 Å². The third-order valence-electron chi connectivity index (χ3n) is 4.31. The van der Waals surface area contributed by atoms with Gasteiger partial charge in [0.05, 0.1) is 11.6 Å². The molecule has 0 aromatic heterocycles. The van der Waals surface area contributed by atoms with Crippen molar-refractivity contribution in [3.05, 3.63) is 101 Å². The molecule has 0 saturated heterocycles. The monoisotopic (exact) mass is 393 g/mol. The highest BCUT2D eigenvalue weighted by Crippen LogP contribution is 2.18. The van der Waals surface area contributed by atoms with Crippen LogP contribution >= 0.6 is 0 Å². The van der Waals surface area contributed by atoms with Crippen LogP contribution < -0.4 is 10.1 Å². The van der Waals surface area contributed by atoms with Crippen molar-refractivity contribution in [2.75, 3.05) is 5.32 Å². The molecule has 0 atom stereocenters. The molecule has 0 spiro atoms. The molecule has 1 N–H and O–H groups in total. The van der Waals surface area contributed by atoms with Crippen molar-refractivity contribution in [2.24, 2.45) is 0 Å². The molecule has 5 heteroatoms. The molecule has 0 saturated carbocycles. The number of nitrogens with zero attached hydrogens (tertiary/aromatic N) is 2. The average Bonchev–Trinajstić information content (AvgIpc) is 2.78. The fourth-order valence-electron chi connectivity index (χ4n) is 2.74. The number of carbonyl (C=O) groups excluding carboxylic acids is 1. The number of hydrogen-bond donors (Lipinski definition) is 1. The van der Waals surface area contributed by atoms with Gasteiger partial charge >= 0.3 is 0 Å². The first-order valence-electron chi connectivity index (χ1n) is 9.29. The maximum Gasteiger partial charge on any atom is 0.266 e. The second-order valence-electron chi connectivity index (χ2n) is 6.66. The van der Waals surface area contributed by atoms with Crippen LogP contribution in [0.1, 0.15) is 22.3 Å². The van der Waals surface area contributed by atoms with Gasteiger partial charge in [-0.25, -0.2) is 0 Å². The molecule has 0 aliphatic heterocycles. The zero-order chi connectivity index (χ0) is 21.3. The zero-order valence-electron chi connectivity index (χ0n) is 16.4. The minimum Gasteiger partial charge on any atom is -0.489 e. The quantitative estimate of drug-likeness (QED) is 0.472. The van der Waals surface area contributed by atoms with Crippen LogP contribution in [-0.4, -0.2) is 5.91 Å². The van der Waals surface area contributed by atoms with Crippen molar-refractivity contribution in [3.8, 4) is 17.9 Å². The van der Waals surface area contributed by atoms with Gasteiger partial charge in [0, 0.05) is 5.69 Å². The van der Waals surface area contributed by atoms with E-state index in [4.69, 9.17) is 10.00 Å². The highest BCUT2D eigenvalue weighted by molar-refractivity contribution is 6.09. The Morgan fingerprint density at radius 3 is 2.53 bits per heavy atom. The lowest BCUT2D eigenvalue weighted by Crippen LogP contribution is -2.13. The molecular formula is C25H19N3O2. The highest BCUT2D eigenvalue weighted by atomic mass is 16.5. The number of nitrogens with one attached hydrogen (secondary N) is 1. The van der Waals surface area contributed by atoms with Crippen LogP contribution in [0.15, 0.2) is 78.4 Å². The van der Waals surface area contributed by atoms with Crippen molar-refractivity contribution >= 4 is 17.7 Å². The predicted octanol–water partition coefficient (Wildman–Crippen LogP) is 4.99. The van der Waals surface area contributed by atoms with Crippen molar-refractivity contribution in [3.63, 3.8) is 0 Å². The minimum atomic E-state index is -0.471. The van der Waals surface area contributed by atoms with Crippen LogP contribution in [0.25, 0.3) is 6.08 Å². The molecular weight excluding hydrogens is 374 g/mol. The van der Waals surface area contributed by atoms with Crippen LogP contribution in [0.4, 0.5) is 5.69 Å². The highest BCUT2D eigenvalue weighted by Gasteiger charge is 2.10. The number of nitriles is 2. The summed E-state index contributed by atoms with van der Waals surface area (Å²) in [6.45, 7) is 2.27. The van der Waals surface area contributed by atoms with E-state index in [2.05, 4.69) is 11.4 Å². The van der Waals surface area contributed by atoms with Crippen molar-refractivity contribution in [1.29, 1.82) is 10.5 Å². The Balaban J connectivity index is 1.70. The number of carbonyl (C=O) groups is 1. The maximum atomic E-state index is 12.4. The molecule has 146 valence electrons. The summed E-state index contributed by atoms with van der Waals surface area (Å²) in [5, 5.41) is 21.1. The molecule has 3 aromatic rings. The summed E-state index contributed by atoms with van der Waals surface area (Å²) in [6, 6.07) is 25.7. The number of ether oxygens (including phenoxy) is 1. The van der Waals surface area contributed by atoms with Gasteiger partial charge in [-0.05, 0) is 60.5 Å². The molecule has 0 aliphatic rings. The van der Waals surface area contributed by atoms with E-state index in [0.29, 0.717) is 29.2 Å². The summed E-state index contributed by atoms with van der Waals surface area (Å²) in [4.78, 5) is 12.4. The fraction of sp³-hybridized carbons (Fsp3) is 0.0800. The third kappa shape index (κ3) is 5.58. The van der Waals surface area contributed by atoms with E-state index in [1.54, 1.807) is 48.5 Å². The van der Waals surface area contributed by atoms with Crippen LogP contribution in [0.3, 0.4) is 0 Å². The normalized spacial score (nSPS) is 10.6. The van der Waals surface area contributed by atoms with Gasteiger partial charge in [0.2, 0.25) is 0 Å². The second-order valence-corrected chi connectivity index (χ2v) is 6.66. The van der Waals surface area contributed by atoms with E-state index < -0.39 is 5.91 Å². The summed E-state index contributed by atoms with van der Waals surface area (Å²) >= 11 is 0. The van der Waals surface area contributed by atoms with Crippen molar-refractivity contribution in [2.45, 2.75) is 13.5 Å². The molecule has 0 aliphatic carbocycles. The van der Waals surface area contributed by atoms with E-state index in [1.165, 1.54) is 6.08 Å². The van der Waals surface area contributed by atoms with Gasteiger partial charge in [-0.15, -0.1) is 0 Å². The summed E-state index contributed by atoms with van der Waals surface area (Å²) in [6.07, 6.45) is 1.52. The van der Waals surface area contributed by atoms with Gasteiger partial charge in [-0.3, -0.25) is 4.79 Å². The molecule has 3 aromatic carbocycles. The number of rotatable bonds is 6. The topological polar surface area (TPSA) is 85.9 Å². The Bertz CT molecular complexity index is 1170. The number of hydrogen-bond acceptors (Lipinski definition) is 4. The van der Waals surface area contributed by atoms with Gasteiger partial charge in [0.25, 0.3) is 5.91 Å². The first-order valence-corrected chi connectivity index (χ1v) is 9.29. The molecule has 0 fully saturated rings. The first-order chi connectivity index (χ1) is 14.6. The van der Waals surface area contributed by atoms with Gasteiger partial charge in [-0.2, -0.15) is 10.5 Å². The number of amides is 1. The largest absolute Gasteiger partial charge is 0.489 e. The average molecular weight is 393 g/mol. The van der Waals surface area contributed by atoms with Gasteiger partial charge in [-0.1, -0.05) is 42.0 Å². The van der Waals surface area contributed by atoms with Gasteiger partial charge < -0.3 is 10.1 Å². The molecule has 0 heterocycles. The number of aryl methyl sites for hydroxylation is 1. The summed E-state index contributed by atoms with van der Waals surface area (Å²) in [5.74, 6) is 0.128. The van der Waals surface area contributed by atoms with E-state index in [0.717, 1.165) is 11.1 Å². The summed E-state index contributed by atoms with van der Waals surface area (Å²) in [5.41, 5.74) is 3.84. The number of anilines is 1.